The van der Waals surface area contributed by atoms with Gasteiger partial charge in [-0.3, -0.25) is 14.4 Å². The lowest BCUT2D eigenvalue weighted by atomic mass is 10.0. The molecule has 0 spiro atoms. The van der Waals surface area contributed by atoms with Crippen LogP contribution in [0.2, 0.25) is 0 Å². The monoisotopic (exact) mass is 1130 g/mol. The highest BCUT2D eigenvalue weighted by molar-refractivity contribution is 5.71. The minimum atomic E-state index is -0.785. The van der Waals surface area contributed by atoms with Crippen molar-refractivity contribution in [3.05, 3.63) is 85.1 Å². The van der Waals surface area contributed by atoms with Crippen molar-refractivity contribution in [1.82, 2.24) is 0 Å². The first-order valence-corrected chi connectivity index (χ1v) is 35.1. The van der Waals surface area contributed by atoms with Crippen LogP contribution in [-0.2, 0) is 28.6 Å². The summed E-state index contributed by atoms with van der Waals surface area (Å²) in [5.41, 5.74) is 0. The summed E-state index contributed by atoms with van der Waals surface area (Å²) in [5, 5.41) is 0. The molecule has 0 aliphatic heterocycles. The highest BCUT2D eigenvalue weighted by Gasteiger charge is 2.19. The van der Waals surface area contributed by atoms with E-state index in [9.17, 15) is 14.4 Å². The molecule has 0 N–H and O–H groups in total. The van der Waals surface area contributed by atoms with E-state index in [1.807, 2.05) is 0 Å². The average Bonchev–Trinajstić information content (AvgIpc) is 3.46. The van der Waals surface area contributed by atoms with E-state index in [-0.39, 0.29) is 31.1 Å². The Bertz CT molecular complexity index is 1530. The van der Waals surface area contributed by atoms with Crippen molar-refractivity contribution in [1.29, 1.82) is 0 Å². The van der Waals surface area contributed by atoms with E-state index in [1.165, 1.54) is 193 Å². The molecule has 6 nitrogen and oxygen atoms in total. The van der Waals surface area contributed by atoms with Gasteiger partial charge in [0.05, 0.1) is 0 Å². The van der Waals surface area contributed by atoms with Crippen molar-refractivity contribution in [3.8, 4) is 0 Å². The molecule has 6 heteroatoms. The summed E-state index contributed by atoms with van der Waals surface area (Å²) >= 11 is 0. The Balaban J connectivity index is 4.28. The van der Waals surface area contributed by atoms with Crippen LogP contribution >= 0.6 is 0 Å². The maximum atomic E-state index is 13.0. The first-order chi connectivity index (χ1) is 40.0. The third-order valence-electron chi connectivity index (χ3n) is 15.4. The molecule has 0 rings (SSSR count). The van der Waals surface area contributed by atoms with E-state index in [2.05, 4.69) is 106 Å². The molecular weight excluding hydrogens is 997 g/mol. The quantitative estimate of drug-likeness (QED) is 0.0261. The van der Waals surface area contributed by atoms with Gasteiger partial charge in [0.15, 0.2) is 6.10 Å². The summed E-state index contributed by atoms with van der Waals surface area (Å²) in [6.45, 7) is 6.50. The molecule has 0 amide bonds. The normalized spacial score (nSPS) is 12.6. The number of carbonyl (C=O) groups excluding carboxylic acids is 3. The van der Waals surface area contributed by atoms with E-state index < -0.39 is 6.10 Å². The number of ether oxygens (including phenoxy) is 3. The van der Waals surface area contributed by atoms with Gasteiger partial charge in [0.1, 0.15) is 13.2 Å². The van der Waals surface area contributed by atoms with Crippen molar-refractivity contribution in [3.63, 3.8) is 0 Å². The van der Waals surface area contributed by atoms with Gasteiger partial charge in [-0.25, -0.2) is 0 Å². The van der Waals surface area contributed by atoms with Crippen LogP contribution in [-0.4, -0.2) is 37.2 Å². The Morgan fingerprint density at radius 3 is 0.802 bits per heavy atom. The molecule has 0 aliphatic carbocycles. The molecule has 0 aromatic carbocycles. The van der Waals surface area contributed by atoms with Crippen molar-refractivity contribution >= 4 is 17.9 Å². The summed E-state index contributed by atoms with van der Waals surface area (Å²) in [6, 6.07) is 0. The smallest absolute Gasteiger partial charge is 0.306 e. The topological polar surface area (TPSA) is 78.9 Å². The fourth-order valence-corrected chi connectivity index (χ4v) is 10.2. The summed E-state index contributed by atoms with van der Waals surface area (Å²) in [7, 11) is 0. The van der Waals surface area contributed by atoms with Crippen molar-refractivity contribution < 1.29 is 28.6 Å². The van der Waals surface area contributed by atoms with Crippen LogP contribution in [0, 0.1) is 0 Å². The summed E-state index contributed by atoms with van der Waals surface area (Å²) < 4.78 is 17.0. The molecular formula is C75H132O6. The molecule has 1 unspecified atom stereocenters. The SMILES string of the molecule is CC/C=C\C/C=C\C/C=C\C/C=C\C/C=C\CCCCCCCCCCCC(=O)OCC(COC(=O)CCCCCCC/C=C\C/C=C\CCC)OC(=O)CCCCCCCCCCCCCCCCCCCCCCCCCCC. The van der Waals surface area contributed by atoms with Crippen molar-refractivity contribution in [2.24, 2.45) is 0 Å². The zero-order chi connectivity index (χ0) is 58.5. The maximum absolute atomic E-state index is 13.0. The van der Waals surface area contributed by atoms with Gasteiger partial charge < -0.3 is 14.2 Å². The van der Waals surface area contributed by atoms with E-state index in [0.717, 1.165) is 122 Å². The molecule has 0 fully saturated rings. The molecule has 468 valence electrons. The predicted molar refractivity (Wildman–Crippen MR) is 353 cm³/mol. The van der Waals surface area contributed by atoms with E-state index >= 15 is 0 Å². The fraction of sp³-hybridized carbons (Fsp3) is 0.773. The van der Waals surface area contributed by atoms with E-state index in [0.29, 0.717) is 19.3 Å². The van der Waals surface area contributed by atoms with E-state index in [4.69, 9.17) is 14.2 Å². The molecule has 81 heavy (non-hydrogen) atoms. The van der Waals surface area contributed by atoms with E-state index in [1.54, 1.807) is 0 Å². The van der Waals surface area contributed by atoms with Crippen molar-refractivity contribution in [2.45, 2.75) is 361 Å². The van der Waals surface area contributed by atoms with Gasteiger partial charge in [0, 0.05) is 19.3 Å². The number of unbranched alkanes of at least 4 members (excludes halogenated alkanes) is 39. The zero-order valence-electron chi connectivity index (χ0n) is 53.8. The largest absolute Gasteiger partial charge is 0.462 e. The Labute approximate surface area is 503 Å². The van der Waals surface area contributed by atoms with Crippen LogP contribution in [0.25, 0.3) is 0 Å². The van der Waals surface area contributed by atoms with Gasteiger partial charge in [0.25, 0.3) is 0 Å². The standard InChI is InChI=1S/C75H132O6/c1-4-7-10-13-16-19-22-25-27-29-31-33-35-37-39-41-43-45-47-50-53-56-59-62-65-68-74(77)80-71-72(70-79-73(76)67-64-61-58-55-52-49-24-21-18-15-12-9-6-3)81-75(78)69-66-63-60-57-54-51-48-46-44-42-40-38-36-34-32-30-28-26-23-20-17-14-11-8-5-2/h7,10,12,15-16,19,21,24-25,27,31,33,37,39,72H,4-6,8-9,11,13-14,17-18,20,22-23,26,28-30,32,34-36,38,40-71H2,1-3H3/b10-7-,15-12-,19-16-,24-21-,27-25-,33-31-,39-37-. The molecule has 0 aromatic heterocycles. The van der Waals surface area contributed by atoms with Crippen LogP contribution in [0.5, 0.6) is 0 Å². The molecule has 0 aliphatic rings. The second-order valence-corrected chi connectivity index (χ2v) is 23.4. The third-order valence-corrected chi connectivity index (χ3v) is 15.4. The molecule has 0 aromatic rings. The fourth-order valence-electron chi connectivity index (χ4n) is 10.2. The zero-order valence-corrected chi connectivity index (χ0v) is 53.8. The van der Waals surface area contributed by atoms with Gasteiger partial charge in [0.2, 0.25) is 0 Å². The molecule has 0 bridgehead atoms. The number of esters is 3. The number of hydrogen-bond acceptors (Lipinski definition) is 6. The lowest BCUT2D eigenvalue weighted by Gasteiger charge is -2.18. The molecule has 0 saturated carbocycles. The van der Waals surface area contributed by atoms with Crippen molar-refractivity contribution in [2.75, 3.05) is 13.2 Å². The number of rotatable bonds is 64. The van der Waals surface area contributed by atoms with Crippen LogP contribution < -0.4 is 0 Å². The predicted octanol–water partition coefficient (Wildman–Crippen LogP) is 24.2. The first kappa shape index (κ1) is 77.6. The van der Waals surface area contributed by atoms with Gasteiger partial charge in [-0.2, -0.15) is 0 Å². The van der Waals surface area contributed by atoms with Gasteiger partial charge in [-0.05, 0) is 89.9 Å². The minimum Gasteiger partial charge on any atom is -0.462 e. The lowest BCUT2D eigenvalue weighted by Crippen LogP contribution is -2.30. The molecule has 1 atom stereocenters. The number of carbonyl (C=O) groups is 3. The lowest BCUT2D eigenvalue weighted by molar-refractivity contribution is -0.167. The Morgan fingerprint density at radius 2 is 0.506 bits per heavy atom. The minimum absolute atomic E-state index is 0.0815. The first-order valence-electron chi connectivity index (χ1n) is 35.1. The number of hydrogen-bond donors (Lipinski definition) is 0. The van der Waals surface area contributed by atoms with Gasteiger partial charge in [-0.15, -0.1) is 0 Å². The highest BCUT2D eigenvalue weighted by Crippen LogP contribution is 2.18. The Morgan fingerprint density at radius 1 is 0.259 bits per heavy atom. The van der Waals surface area contributed by atoms with Crippen LogP contribution in [0.3, 0.4) is 0 Å². The summed E-state index contributed by atoms with van der Waals surface area (Å²) in [5.74, 6) is -0.883. The van der Waals surface area contributed by atoms with Crippen LogP contribution in [0.15, 0.2) is 85.1 Å². The second-order valence-electron chi connectivity index (χ2n) is 23.4. The maximum Gasteiger partial charge on any atom is 0.306 e. The Hall–Kier alpha value is -3.41. The summed E-state index contributed by atoms with van der Waals surface area (Å²) in [6.07, 6.45) is 91.8. The van der Waals surface area contributed by atoms with Crippen LogP contribution in [0.1, 0.15) is 355 Å². The number of allylic oxidation sites excluding steroid dienone is 14. The molecule has 0 heterocycles. The second kappa shape index (κ2) is 69.1. The average molecular weight is 1130 g/mol. The third kappa shape index (κ3) is 67.3. The highest BCUT2D eigenvalue weighted by atomic mass is 16.6. The van der Waals surface area contributed by atoms with Gasteiger partial charge in [-0.1, -0.05) is 331 Å². The summed E-state index contributed by atoms with van der Waals surface area (Å²) in [4.78, 5) is 38.4. The van der Waals surface area contributed by atoms with Gasteiger partial charge >= 0.3 is 17.9 Å². The molecule has 0 saturated heterocycles. The molecule has 0 radical (unpaired) electrons. The Kier molecular flexibility index (Phi) is 66.2. The van der Waals surface area contributed by atoms with Crippen LogP contribution in [0.4, 0.5) is 0 Å².